The molecule has 0 aliphatic carbocycles. The molecule has 0 saturated heterocycles. The molecule has 0 aromatic heterocycles. The second kappa shape index (κ2) is 6.75. The quantitative estimate of drug-likeness (QED) is 0.462. The summed E-state index contributed by atoms with van der Waals surface area (Å²) in [5.74, 6) is -0.437. The molecule has 0 unspecified atom stereocenters. The van der Waals surface area contributed by atoms with Crippen LogP contribution in [0.15, 0.2) is 53.4 Å². The van der Waals surface area contributed by atoms with Crippen LogP contribution in [0.1, 0.15) is 29.3 Å². The van der Waals surface area contributed by atoms with E-state index in [1.807, 2.05) is 6.92 Å². The summed E-state index contributed by atoms with van der Waals surface area (Å²) < 4.78 is 29.3. The van der Waals surface area contributed by atoms with Gasteiger partial charge in [0.2, 0.25) is 0 Å². The monoisotopic (exact) mass is 332 g/mol. The van der Waals surface area contributed by atoms with E-state index in [2.05, 4.69) is 0 Å². The summed E-state index contributed by atoms with van der Waals surface area (Å²) >= 11 is 0. The first-order valence-corrected chi connectivity index (χ1v) is 8.32. The van der Waals surface area contributed by atoms with Gasteiger partial charge in [0.25, 0.3) is 0 Å². The highest BCUT2D eigenvalue weighted by atomic mass is 32.2. The van der Waals surface area contributed by atoms with E-state index in [0.717, 1.165) is 5.56 Å². The molecule has 0 atom stereocenters. The lowest BCUT2D eigenvalue weighted by atomic mass is 10.1. The Morgan fingerprint density at radius 2 is 1.52 bits per heavy atom. The van der Waals surface area contributed by atoms with E-state index in [4.69, 9.17) is 4.18 Å². The number of Topliss-reactive ketones (excluding diaryl/α,β-unsaturated/α-hetero) is 2. The lowest BCUT2D eigenvalue weighted by Gasteiger charge is -2.08. The van der Waals surface area contributed by atoms with Gasteiger partial charge in [-0.15, -0.1) is 0 Å². The van der Waals surface area contributed by atoms with Crippen LogP contribution >= 0.6 is 0 Å². The zero-order valence-electron chi connectivity index (χ0n) is 12.8. The maximum absolute atomic E-state index is 12.1. The molecule has 5 nitrogen and oxygen atoms in total. The number of hydrogen-bond donors (Lipinski definition) is 0. The maximum atomic E-state index is 12.1. The standard InChI is InChI=1S/C17H16O5S/c1-12-3-9-16(10-4-12)23(20,21)22-15-7-5-14(6-8-15)17(19)11-13(2)18/h3-10H,11H2,1-2H3. The summed E-state index contributed by atoms with van der Waals surface area (Å²) in [5, 5.41) is 0. The molecule has 0 fully saturated rings. The largest absolute Gasteiger partial charge is 0.379 e. The molecular weight excluding hydrogens is 316 g/mol. The summed E-state index contributed by atoms with van der Waals surface area (Å²) in [7, 11) is -3.92. The van der Waals surface area contributed by atoms with Crippen molar-refractivity contribution in [3.05, 3.63) is 59.7 Å². The van der Waals surface area contributed by atoms with Crippen molar-refractivity contribution in [2.75, 3.05) is 0 Å². The minimum atomic E-state index is -3.92. The summed E-state index contributed by atoms with van der Waals surface area (Å²) in [6.07, 6.45) is -0.179. The van der Waals surface area contributed by atoms with Gasteiger partial charge in [-0.2, -0.15) is 8.42 Å². The normalized spacial score (nSPS) is 11.0. The molecule has 23 heavy (non-hydrogen) atoms. The Kier molecular flexibility index (Phi) is 4.95. The van der Waals surface area contributed by atoms with E-state index in [0.29, 0.717) is 5.56 Å². The second-order valence-corrected chi connectivity index (χ2v) is 6.72. The number of carbonyl (C=O) groups is 2. The van der Waals surface area contributed by atoms with Crippen LogP contribution in [0.5, 0.6) is 5.75 Å². The number of rotatable bonds is 6. The topological polar surface area (TPSA) is 77.5 Å². The third kappa shape index (κ3) is 4.50. The highest BCUT2D eigenvalue weighted by Gasteiger charge is 2.17. The van der Waals surface area contributed by atoms with E-state index in [9.17, 15) is 18.0 Å². The van der Waals surface area contributed by atoms with Crippen molar-refractivity contribution in [1.29, 1.82) is 0 Å². The molecule has 0 heterocycles. The first kappa shape index (κ1) is 16.9. The summed E-state index contributed by atoms with van der Waals surface area (Å²) in [4.78, 5) is 22.7. The number of benzene rings is 2. The van der Waals surface area contributed by atoms with Crippen molar-refractivity contribution in [3.8, 4) is 5.75 Å². The highest BCUT2D eigenvalue weighted by Crippen LogP contribution is 2.20. The minimum Gasteiger partial charge on any atom is -0.379 e. The van der Waals surface area contributed by atoms with Gasteiger partial charge in [-0.1, -0.05) is 17.7 Å². The Hall–Kier alpha value is -2.47. The van der Waals surface area contributed by atoms with E-state index in [1.165, 1.54) is 43.3 Å². The fourth-order valence-electron chi connectivity index (χ4n) is 1.90. The molecular formula is C17H16O5S. The van der Waals surface area contributed by atoms with E-state index < -0.39 is 10.1 Å². The van der Waals surface area contributed by atoms with Gasteiger partial charge in [0.15, 0.2) is 5.78 Å². The fourth-order valence-corrected chi connectivity index (χ4v) is 2.83. The van der Waals surface area contributed by atoms with Gasteiger partial charge in [-0.3, -0.25) is 9.59 Å². The van der Waals surface area contributed by atoms with Crippen LogP contribution in [0, 0.1) is 6.92 Å². The van der Waals surface area contributed by atoms with Crippen LogP contribution in [0.25, 0.3) is 0 Å². The van der Waals surface area contributed by atoms with E-state index in [-0.39, 0.29) is 28.6 Å². The molecule has 0 spiro atoms. The molecule has 2 aromatic rings. The van der Waals surface area contributed by atoms with Gasteiger partial charge >= 0.3 is 10.1 Å². The van der Waals surface area contributed by atoms with Crippen molar-refractivity contribution in [3.63, 3.8) is 0 Å². The van der Waals surface area contributed by atoms with Gasteiger partial charge in [-0.05, 0) is 50.2 Å². The Morgan fingerprint density at radius 1 is 0.957 bits per heavy atom. The van der Waals surface area contributed by atoms with Gasteiger partial charge < -0.3 is 4.18 Å². The van der Waals surface area contributed by atoms with Crippen molar-refractivity contribution in [1.82, 2.24) is 0 Å². The number of hydrogen-bond acceptors (Lipinski definition) is 5. The SMILES string of the molecule is CC(=O)CC(=O)c1ccc(OS(=O)(=O)c2ccc(C)cc2)cc1. The van der Waals surface area contributed by atoms with Crippen LogP contribution < -0.4 is 4.18 Å². The Bertz CT molecular complexity index is 818. The van der Waals surface area contributed by atoms with Gasteiger partial charge in [-0.25, -0.2) is 0 Å². The van der Waals surface area contributed by atoms with Crippen LogP contribution in [0.3, 0.4) is 0 Å². The molecule has 0 radical (unpaired) electrons. The minimum absolute atomic E-state index is 0.0554. The molecule has 2 rings (SSSR count). The molecule has 0 N–H and O–H groups in total. The smallest absolute Gasteiger partial charge is 0.339 e. The molecule has 0 amide bonds. The van der Waals surface area contributed by atoms with Crippen LogP contribution in [0.4, 0.5) is 0 Å². The molecule has 0 bridgehead atoms. The Balaban J connectivity index is 2.15. The zero-order valence-corrected chi connectivity index (χ0v) is 13.6. The molecule has 0 aliphatic rings. The van der Waals surface area contributed by atoms with Gasteiger partial charge in [0, 0.05) is 5.56 Å². The van der Waals surface area contributed by atoms with Crippen molar-refractivity contribution in [2.45, 2.75) is 25.2 Å². The first-order chi connectivity index (χ1) is 10.8. The highest BCUT2D eigenvalue weighted by molar-refractivity contribution is 7.87. The lowest BCUT2D eigenvalue weighted by molar-refractivity contribution is -0.116. The molecule has 6 heteroatoms. The predicted molar refractivity (Wildman–Crippen MR) is 85.1 cm³/mol. The fraction of sp³-hybridized carbons (Fsp3) is 0.176. The molecule has 0 saturated carbocycles. The third-order valence-electron chi connectivity index (χ3n) is 3.10. The summed E-state index contributed by atoms with van der Waals surface area (Å²) in [6.45, 7) is 3.19. The summed E-state index contributed by atoms with van der Waals surface area (Å²) in [5.41, 5.74) is 1.28. The van der Waals surface area contributed by atoms with Crippen molar-refractivity contribution < 1.29 is 22.2 Å². The average molecular weight is 332 g/mol. The number of aryl methyl sites for hydroxylation is 1. The van der Waals surface area contributed by atoms with Gasteiger partial charge in [0.1, 0.15) is 16.4 Å². The van der Waals surface area contributed by atoms with Crippen molar-refractivity contribution in [2.24, 2.45) is 0 Å². The lowest BCUT2D eigenvalue weighted by Crippen LogP contribution is -2.10. The van der Waals surface area contributed by atoms with Crippen LogP contribution in [-0.2, 0) is 14.9 Å². The summed E-state index contributed by atoms with van der Waals surface area (Å²) in [6, 6.07) is 11.9. The van der Waals surface area contributed by atoms with E-state index >= 15 is 0 Å². The maximum Gasteiger partial charge on any atom is 0.339 e. The second-order valence-electron chi connectivity index (χ2n) is 5.18. The number of ketones is 2. The molecule has 2 aromatic carbocycles. The molecule has 0 aliphatic heterocycles. The first-order valence-electron chi connectivity index (χ1n) is 6.92. The Labute approximate surface area is 135 Å². The Morgan fingerprint density at radius 3 is 2.04 bits per heavy atom. The van der Waals surface area contributed by atoms with Crippen molar-refractivity contribution >= 4 is 21.7 Å². The van der Waals surface area contributed by atoms with E-state index in [1.54, 1.807) is 12.1 Å². The predicted octanol–water partition coefficient (Wildman–Crippen LogP) is 2.92. The third-order valence-corrected chi connectivity index (χ3v) is 4.36. The van der Waals surface area contributed by atoms with Crippen LogP contribution in [0.2, 0.25) is 0 Å². The number of carbonyl (C=O) groups excluding carboxylic acids is 2. The molecule has 120 valence electrons. The zero-order chi connectivity index (χ0) is 17.0. The van der Waals surface area contributed by atoms with Crippen LogP contribution in [-0.4, -0.2) is 20.0 Å². The average Bonchev–Trinajstić information content (AvgIpc) is 2.47. The van der Waals surface area contributed by atoms with Gasteiger partial charge in [0.05, 0.1) is 6.42 Å².